The maximum absolute atomic E-state index is 15.0. The number of pyridine rings is 1. The van der Waals surface area contributed by atoms with Gasteiger partial charge in [-0.15, -0.1) is 11.3 Å². The van der Waals surface area contributed by atoms with Crippen LogP contribution in [0.15, 0.2) is 47.8 Å². The van der Waals surface area contributed by atoms with Crippen LogP contribution in [0.3, 0.4) is 0 Å². The third kappa shape index (κ3) is 6.66. The van der Waals surface area contributed by atoms with Crippen LogP contribution in [-0.4, -0.2) is 65.5 Å². The second-order valence-corrected chi connectivity index (χ2v) is 14.6. The molecule has 1 unspecified atom stereocenters. The summed E-state index contributed by atoms with van der Waals surface area (Å²) < 4.78 is 23.8. The predicted molar refractivity (Wildman–Crippen MR) is 191 cm³/mol. The molecule has 2 aliphatic rings. The first-order valence-corrected chi connectivity index (χ1v) is 18.3. The highest BCUT2D eigenvalue weighted by Crippen LogP contribution is 2.41. The van der Waals surface area contributed by atoms with Gasteiger partial charge in [-0.1, -0.05) is 39.2 Å². The van der Waals surface area contributed by atoms with Crippen molar-refractivity contribution in [1.29, 1.82) is 5.26 Å². The van der Waals surface area contributed by atoms with Crippen molar-refractivity contribution in [3.05, 3.63) is 64.7 Å². The number of likely N-dealkylation sites (tertiary alicyclic amines) is 1. The summed E-state index contributed by atoms with van der Waals surface area (Å²) in [5.41, 5.74) is 3.72. The summed E-state index contributed by atoms with van der Waals surface area (Å²) in [5, 5.41) is 13.1. The van der Waals surface area contributed by atoms with Crippen LogP contribution in [0.1, 0.15) is 82.0 Å². The average Bonchev–Trinajstić information content (AvgIpc) is 3.76. The van der Waals surface area contributed by atoms with E-state index in [-0.39, 0.29) is 24.3 Å². The number of rotatable bonds is 9. The van der Waals surface area contributed by atoms with Crippen molar-refractivity contribution in [2.75, 3.05) is 20.8 Å². The number of imide groups is 1. The minimum Gasteiger partial charge on any atom is -0.496 e. The monoisotopic (exact) mass is 697 g/mol. The molecule has 50 heavy (non-hydrogen) atoms. The van der Waals surface area contributed by atoms with Gasteiger partial charge in [-0.2, -0.15) is 14.5 Å². The number of nitriles is 1. The first-order valence-electron chi connectivity index (χ1n) is 17.4. The van der Waals surface area contributed by atoms with Gasteiger partial charge in [0, 0.05) is 34.7 Å². The molecule has 1 saturated carbocycles. The molecule has 0 N–H and O–H groups in total. The molecule has 2 aromatic carbocycles. The fourth-order valence-electron chi connectivity index (χ4n) is 7.49. The van der Waals surface area contributed by atoms with Crippen LogP contribution < -0.4 is 14.2 Å². The highest BCUT2D eigenvalue weighted by atomic mass is 32.1. The lowest BCUT2D eigenvalue weighted by atomic mass is 9.84. The van der Waals surface area contributed by atoms with Gasteiger partial charge < -0.3 is 18.9 Å². The van der Waals surface area contributed by atoms with E-state index < -0.39 is 28.8 Å². The van der Waals surface area contributed by atoms with E-state index in [1.165, 1.54) is 18.4 Å². The van der Waals surface area contributed by atoms with E-state index in [0.717, 1.165) is 59.3 Å². The summed E-state index contributed by atoms with van der Waals surface area (Å²) in [6, 6.07) is 14.3. The van der Waals surface area contributed by atoms with Crippen molar-refractivity contribution in [3.8, 4) is 34.0 Å². The van der Waals surface area contributed by atoms with Gasteiger partial charge in [0.05, 0.1) is 37.1 Å². The number of benzene rings is 2. The molecule has 1 aliphatic heterocycles. The third-order valence-corrected chi connectivity index (χ3v) is 11.2. The zero-order valence-corrected chi connectivity index (χ0v) is 30.4. The molecule has 6 rings (SSSR count). The molecule has 2 aromatic heterocycles. The number of nitrogens with zero attached hydrogens (tertiary/aromatic N) is 4. The van der Waals surface area contributed by atoms with Crippen molar-refractivity contribution >= 4 is 34.2 Å². The molecule has 3 heterocycles. The maximum atomic E-state index is 15.0. The highest BCUT2D eigenvalue weighted by molar-refractivity contribution is 7.13. The van der Waals surface area contributed by atoms with Crippen LogP contribution in [0, 0.1) is 24.2 Å². The predicted octanol–water partition coefficient (Wildman–Crippen LogP) is 8.35. The van der Waals surface area contributed by atoms with Crippen molar-refractivity contribution in [2.24, 2.45) is 5.92 Å². The molecule has 11 heteroatoms. The molecule has 0 bridgehead atoms. The Bertz CT molecular complexity index is 1930. The molecular weight excluding hydrogens is 653 g/mol. The van der Waals surface area contributed by atoms with Gasteiger partial charge in [-0.05, 0) is 62.9 Å². The summed E-state index contributed by atoms with van der Waals surface area (Å²) in [4.78, 5) is 38.7. The van der Waals surface area contributed by atoms with Crippen LogP contribution >= 0.6 is 11.3 Å². The summed E-state index contributed by atoms with van der Waals surface area (Å²) in [6.45, 7) is 8.17. The first-order chi connectivity index (χ1) is 24.1. The minimum atomic E-state index is -0.895. The number of thiazole rings is 1. The smallest absolute Gasteiger partial charge is 0.496 e. The lowest BCUT2D eigenvalue weighted by Gasteiger charge is -2.37. The summed E-state index contributed by atoms with van der Waals surface area (Å²) in [5.74, 6) is 1.60. The fourth-order valence-corrected chi connectivity index (χ4v) is 8.43. The molecule has 1 saturated heterocycles. The zero-order chi connectivity index (χ0) is 35.6. The van der Waals surface area contributed by atoms with Gasteiger partial charge in [0.15, 0.2) is 6.10 Å². The van der Waals surface area contributed by atoms with Crippen LogP contribution in [0.4, 0.5) is 4.79 Å². The van der Waals surface area contributed by atoms with Gasteiger partial charge in [-0.25, -0.2) is 14.8 Å². The normalized spacial score (nSPS) is 21.5. The van der Waals surface area contributed by atoms with E-state index in [9.17, 15) is 14.9 Å². The largest absolute Gasteiger partial charge is 0.523 e. The number of carbonyl (C=O) groups excluding carboxylic acids is 2. The molecule has 2 fully saturated rings. The van der Waals surface area contributed by atoms with E-state index in [4.69, 9.17) is 28.9 Å². The maximum Gasteiger partial charge on any atom is 0.523 e. The van der Waals surface area contributed by atoms with Crippen LogP contribution in [-0.2, 0) is 9.53 Å². The number of methoxy groups -OCH3 is 2. The molecule has 0 radical (unpaired) electrons. The molecule has 2 amide bonds. The van der Waals surface area contributed by atoms with Gasteiger partial charge in [0.2, 0.25) is 6.10 Å². The Morgan fingerprint density at radius 1 is 1.04 bits per heavy atom. The number of hydrogen-bond acceptors (Lipinski definition) is 10. The van der Waals surface area contributed by atoms with Crippen molar-refractivity contribution in [1.82, 2.24) is 9.97 Å². The van der Waals surface area contributed by atoms with Crippen molar-refractivity contribution in [2.45, 2.75) is 90.4 Å². The Labute approximate surface area is 297 Å². The SMILES string of the molecule is COC(=O)[N+]1(C(=O)[C@@H](Oc2cccc(C#N)c2)C2CCCCC2)C[C@H](Oc2cc(-c3nc(C(C)C)cs3)nc3c(C)c(OC)ccc23)C[C@H]1C. The number of fused-ring (bicyclic) bond motifs is 1. The number of aryl methyl sites for hydroxylation is 1. The zero-order valence-electron chi connectivity index (χ0n) is 29.6. The Morgan fingerprint density at radius 3 is 2.50 bits per heavy atom. The summed E-state index contributed by atoms with van der Waals surface area (Å²) >= 11 is 1.54. The Balaban J connectivity index is 1.38. The number of amides is 2. The van der Waals surface area contributed by atoms with Crippen molar-refractivity contribution < 1.29 is 33.0 Å². The van der Waals surface area contributed by atoms with E-state index in [1.54, 1.807) is 31.4 Å². The highest BCUT2D eigenvalue weighted by Gasteiger charge is 2.61. The number of aromatic nitrogens is 2. The van der Waals surface area contributed by atoms with Gasteiger partial charge in [-0.3, -0.25) is 0 Å². The molecule has 4 aromatic rings. The van der Waals surface area contributed by atoms with Crippen LogP contribution in [0.25, 0.3) is 21.6 Å². The second-order valence-electron chi connectivity index (χ2n) is 13.8. The molecule has 10 nitrogen and oxygen atoms in total. The average molecular weight is 698 g/mol. The van der Waals surface area contributed by atoms with Crippen LogP contribution in [0.2, 0.25) is 0 Å². The molecule has 0 spiro atoms. The Morgan fingerprint density at radius 2 is 1.82 bits per heavy atom. The molecular formula is C39H45N4O6S+. The van der Waals surface area contributed by atoms with E-state index in [0.29, 0.717) is 34.9 Å². The molecule has 1 aliphatic carbocycles. The summed E-state index contributed by atoms with van der Waals surface area (Å²) in [6.07, 6.45) is 3.10. The first kappa shape index (κ1) is 35.3. The Hall–Kier alpha value is -4.53. The molecule has 4 atom stereocenters. The third-order valence-electron chi connectivity index (χ3n) is 10.3. The summed E-state index contributed by atoms with van der Waals surface area (Å²) in [7, 11) is 2.96. The van der Waals surface area contributed by atoms with E-state index >= 15 is 0 Å². The van der Waals surface area contributed by atoms with Gasteiger partial charge >= 0.3 is 12.0 Å². The standard InChI is InChI=1S/C39H45N4O6S/c1-23(2)32-22-50-37(42-32)31-19-34(30-15-16-33(46-5)25(4)35(30)41-31)48-29-17-24(3)43(21-29,39(45)47-6)38(44)36(27-12-8-7-9-13-27)49-28-14-10-11-26(18-28)20-40/h10-11,14-16,18-19,22-24,27,29,36H,7-9,12-13,17,21H2,1-6H3/q+1/t24-,29-,36+,43?/m1/s1. The van der Waals surface area contributed by atoms with Gasteiger partial charge in [0.1, 0.15) is 40.5 Å². The number of carbonyl (C=O) groups is 2. The number of ether oxygens (including phenoxy) is 4. The lowest BCUT2D eigenvalue weighted by molar-refractivity contribution is -0.795. The quantitative estimate of drug-likeness (QED) is 0.159. The van der Waals surface area contributed by atoms with Gasteiger partial charge in [0.25, 0.3) is 0 Å². The Kier molecular flexibility index (Phi) is 10.4. The molecule has 262 valence electrons. The fraction of sp³-hybridized carbons (Fsp3) is 0.462. The second kappa shape index (κ2) is 14.8. The lowest BCUT2D eigenvalue weighted by Crippen LogP contribution is -2.64. The van der Waals surface area contributed by atoms with E-state index in [1.807, 2.05) is 32.0 Å². The number of quaternary nitrogens is 1. The number of hydrogen-bond donors (Lipinski definition) is 0. The van der Waals surface area contributed by atoms with E-state index in [2.05, 4.69) is 25.3 Å². The van der Waals surface area contributed by atoms with Crippen molar-refractivity contribution in [3.63, 3.8) is 0 Å². The van der Waals surface area contributed by atoms with Crippen LogP contribution in [0.5, 0.6) is 17.2 Å². The topological polar surface area (TPSA) is 121 Å². The minimum absolute atomic E-state index is 0.0764.